The molecule has 2 aromatic carbocycles. The van der Waals surface area contributed by atoms with Crippen molar-refractivity contribution in [3.63, 3.8) is 0 Å². The lowest BCUT2D eigenvalue weighted by atomic mass is 10.1. The maximum atomic E-state index is 5.65. The van der Waals surface area contributed by atoms with Crippen molar-refractivity contribution in [1.82, 2.24) is 0 Å². The van der Waals surface area contributed by atoms with Crippen LogP contribution in [0.3, 0.4) is 0 Å². The quantitative estimate of drug-likeness (QED) is 0.575. The summed E-state index contributed by atoms with van der Waals surface area (Å²) in [6.07, 6.45) is 3.91. The molecular formula is C22H24O2. The van der Waals surface area contributed by atoms with E-state index in [1.165, 1.54) is 0 Å². The fourth-order valence-corrected chi connectivity index (χ4v) is 2.10. The van der Waals surface area contributed by atoms with Crippen LogP contribution in [0.5, 0.6) is 11.5 Å². The Labute approximate surface area is 144 Å². The molecule has 2 aromatic rings. The van der Waals surface area contributed by atoms with Crippen molar-refractivity contribution in [2.24, 2.45) is 0 Å². The summed E-state index contributed by atoms with van der Waals surface area (Å²) in [5.41, 5.74) is 4.36. The average Bonchev–Trinajstić information content (AvgIpc) is 2.58. The summed E-state index contributed by atoms with van der Waals surface area (Å²) in [6.45, 7) is 12.9. The van der Waals surface area contributed by atoms with E-state index in [0.29, 0.717) is 13.2 Å². The molecule has 124 valence electrons. The summed E-state index contributed by atoms with van der Waals surface area (Å²) in [4.78, 5) is 0. The maximum Gasteiger partial charge on any atom is 0.119 e. The highest BCUT2D eigenvalue weighted by molar-refractivity contribution is 5.62. The lowest BCUT2D eigenvalue weighted by Crippen LogP contribution is -1.97. The fourth-order valence-electron chi connectivity index (χ4n) is 2.10. The van der Waals surface area contributed by atoms with E-state index in [0.717, 1.165) is 33.8 Å². The Bertz CT molecular complexity index is 643. The fraction of sp³-hybridized carbons (Fsp3) is 0.182. The molecule has 0 heterocycles. The number of hydrogen-bond acceptors (Lipinski definition) is 2. The van der Waals surface area contributed by atoms with Crippen LogP contribution in [0.4, 0.5) is 0 Å². The van der Waals surface area contributed by atoms with Gasteiger partial charge >= 0.3 is 0 Å². The van der Waals surface area contributed by atoms with Crippen LogP contribution in [0.1, 0.15) is 25.0 Å². The van der Waals surface area contributed by atoms with E-state index in [2.05, 4.69) is 13.2 Å². The molecule has 0 saturated carbocycles. The number of ether oxygens (including phenoxy) is 2. The topological polar surface area (TPSA) is 18.5 Å². The van der Waals surface area contributed by atoms with Gasteiger partial charge in [0.1, 0.15) is 24.7 Å². The summed E-state index contributed by atoms with van der Waals surface area (Å²) in [7, 11) is 0. The largest absolute Gasteiger partial charge is 0.490 e. The van der Waals surface area contributed by atoms with Gasteiger partial charge in [-0.15, -0.1) is 0 Å². The molecule has 0 spiro atoms. The smallest absolute Gasteiger partial charge is 0.119 e. The second-order valence-corrected chi connectivity index (χ2v) is 5.70. The average molecular weight is 320 g/mol. The molecule has 0 N–H and O–H groups in total. The van der Waals surface area contributed by atoms with E-state index in [1.54, 1.807) is 0 Å². The second kappa shape index (κ2) is 8.78. The molecule has 0 radical (unpaired) electrons. The summed E-state index contributed by atoms with van der Waals surface area (Å²) in [6, 6.07) is 15.9. The Hall–Kier alpha value is -2.74. The van der Waals surface area contributed by atoms with Gasteiger partial charge in [0.15, 0.2) is 0 Å². The minimum atomic E-state index is 0.518. The van der Waals surface area contributed by atoms with E-state index in [-0.39, 0.29) is 0 Å². The van der Waals surface area contributed by atoms with E-state index in [1.807, 2.05) is 74.5 Å². The van der Waals surface area contributed by atoms with Crippen LogP contribution >= 0.6 is 0 Å². The van der Waals surface area contributed by atoms with Crippen LogP contribution < -0.4 is 9.47 Å². The van der Waals surface area contributed by atoms with Gasteiger partial charge in [-0.05, 0) is 61.4 Å². The molecular weight excluding hydrogens is 296 g/mol. The zero-order chi connectivity index (χ0) is 17.4. The molecule has 0 atom stereocenters. The Morgan fingerprint density at radius 1 is 0.708 bits per heavy atom. The van der Waals surface area contributed by atoms with Gasteiger partial charge < -0.3 is 9.47 Å². The van der Waals surface area contributed by atoms with Crippen LogP contribution in [0, 0.1) is 0 Å². The van der Waals surface area contributed by atoms with Gasteiger partial charge in [-0.2, -0.15) is 0 Å². The summed E-state index contributed by atoms with van der Waals surface area (Å²) >= 11 is 0. The number of allylic oxidation sites excluding steroid dienone is 2. The Balaban J connectivity index is 1.71. The van der Waals surface area contributed by atoms with Gasteiger partial charge in [0.05, 0.1) is 0 Å². The van der Waals surface area contributed by atoms with Crippen molar-refractivity contribution in [1.29, 1.82) is 0 Å². The SMILES string of the molecule is C=C(C)c1ccc(OC/C=C\COc2ccc(C(=C)C)cc2)cc1. The molecule has 2 heteroatoms. The highest BCUT2D eigenvalue weighted by Crippen LogP contribution is 2.18. The van der Waals surface area contributed by atoms with Crippen molar-refractivity contribution in [2.45, 2.75) is 13.8 Å². The first-order valence-corrected chi connectivity index (χ1v) is 7.99. The molecule has 0 aliphatic rings. The highest BCUT2D eigenvalue weighted by Gasteiger charge is 1.96. The van der Waals surface area contributed by atoms with E-state index < -0.39 is 0 Å². The zero-order valence-electron chi connectivity index (χ0n) is 14.4. The first-order valence-electron chi connectivity index (χ1n) is 7.99. The predicted molar refractivity (Wildman–Crippen MR) is 102 cm³/mol. The summed E-state index contributed by atoms with van der Waals surface area (Å²) in [5.74, 6) is 1.70. The molecule has 0 amide bonds. The summed E-state index contributed by atoms with van der Waals surface area (Å²) < 4.78 is 11.3. The van der Waals surface area contributed by atoms with Gasteiger partial charge in [-0.25, -0.2) is 0 Å². The summed E-state index contributed by atoms with van der Waals surface area (Å²) in [5, 5.41) is 0. The van der Waals surface area contributed by atoms with Crippen molar-refractivity contribution in [3.05, 3.63) is 85.0 Å². The number of rotatable bonds is 8. The molecule has 2 nitrogen and oxygen atoms in total. The number of benzene rings is 2. The standard InChI is InChI=1S/C22H24O2/c1-17(2)19-7-11-21(12-8-19)23-15-5-6-16-24-22-13-9-20(10-14-22)18(3)4/h5-14H,1,3,15-16H2,2,4H3/b6-5-. The van der Waals surface area contributed by atoms with E-state index in [9.17, 15) is 0 Å². The van der Waals surface area contributed by atoms with Crippen molar-refractivity contribution in [2.75, 3.05) is 13.2 Å². The van der Waals surface area contributed by atoms with E-state index in [4.69, 9.17) is 9.47 Å². The lowest BCUT2D eigenvalue weighted by molar-refractivity contribution is 0.350. The second-order valence-electron chi connectivity index (χ2n) is 5.70. The van der Waals surface area contributed by atoms with E-state index >= 15 is 0 Å². The third kappa shape index (κ3) is 5.47. The molecule has 0 saturated heterocycles. The molecule has 24 heavy (non-hydrogen) atoms. The third-order valence-electron chi connectivity index (χ3n) is 3.55. The minimum Gasteiger partial charge on any atom is -0.490 e. The van der Waals surface area contributed by atoms with Crippen LogP contribution in [0.2, 0.25) is 0 Å². The minimum absolute atomic E-state index is 0.518. The molecule has 0 bridgehead atoms. The van der Waals surface area contributed by atoms with Crippen LogP contribution in [0.25, 0.3) is 11.1 Å². The van der Waals surface area contributed by atoms with Crippen LogP contribution in [-0.2, 0) is 0 Å². The molecule has 0 aliphatic carbocycles. The third-order valence-corrected chi connectivity index (χ3v) is 3.55. The van der Waals surface area contributed by atoms with Crippen molar-refractivity contribution >= 4 is 11.1 Å². The molecule has 0 fully saturated rings. The van der Waals surface area contributed by atoms with Crippen LogP contribution in [-0.4, -0.2) is 13.2 Å². The monoisotopic (exact) mass is 320 g/mol. The van der Waals surface area contributed by atoms with Gasteiger partial charge in [0.2, 0.25) is 0 Å². The van der Waals surface area contributed by atoms with Crippen LogP contribution in [0.15, 0.2) is 73.8 Å². The Kier molecular flexibility index (Phi) is 6.44. The van der Waals surface area contributed by atoms with Crippen molar-refractivity contribution in [3.8, 4) is 11.5 Å². The lowest BCUT2D eigenvalue weighted by Gasteiger charge is -2.06. The molecule has 0 aromatic heterocycles. The first kappa shape index (κ1) is 17.6. The Morgan fingerprint density at radius 2 is 1.04 bits per heavy atom. The predicted octanol–water partition coefficient (Wildman–Crippen LogP) is 5.77. The zero-order valence-corrected chi connectivity index (χ0v) is 14.4. The molecule has 0 unspecified atom stereocenters. The molecule has 2 rings (SSSR count). The van der Waals surface area contributed by atoms with Gasteiger partial charge in [-0.3, -0.25) is 0 Å². The molecule has 0 aliphatic heterocycles. The van der Waals surface area contributed by atoms with Gasteiger partial charge in [0, 0.05) is 0 Å². The van der Waals surface area contributed by atoms with Gasteiger partial charge in [0.25, 0.3) is 0 Å². The van der Waals surface area contributed by atoms with Gasteiger partial charge in [-0.1, -0.05) is 48.6 Å². The first-order chi connectivity index (χ1) is 11.6. The maximum absolute atomic E-state index is 5.65. The normalized spacial score (nSPS) is 10.6. The Morgan fingerprint density at radius 3 is 1.33 bits per heavy atom. The van der Waals surface area contributed by atoms with Crippen molar-refractivity contribution < 1.29 is 9.47 Å². The highest BCUT2D eigenvalue weighted by atomic mass is 16.5. The number of hydrogen-bond donors (Lipinski definition) is 0.